The summed E-state index contributed by atoms with van der Waals surface area (Å²) in [5.74, 6) is 0.846. The monoisotopic (exact) mass is 412 g/mol. The highest BCUT2D eigenvalue weighted by Gasteiger charge is 2.21. The Morgan fingerprint density at radius 1 is 1.07 bits per heavy atom. The molecule has 1 aliphatic rings. The molecule has 1 aliphatic heterocycles. The minimum Gasteiger partial charge on any atom is -0.491 e. The van der Waals surface area contributed by atoms with Crippen LogP contribution in [-0.2, 0) is 17.8 Å². The maximum Gasteiger partial charge on any atom is 0.227 e. The summed E-state index contributed by atoms with van der Waals surface area (Å²) >= 11 is 12.0. The van der Waals surface area contributed by atoms with Crippen molar-refractivity contribution in [1.29, 1.82) is 0 Å². The van der Waals surface area contributed by atoms with Crippen LogP contribution in [0.15, 0.2) is 60.9 Å². The zero-order valence-electron chi connectivity index (χ0n) is 15.1. The first-order valence-electron chi connectivity index (χ1n) is 8.98. The lowest BCUT2D eigenvalue weighted by Gasteiger charge is -2.20. The summed E-state index contributed by atoms with van der Waals surface area (Å²) in [5.41, 5.74) is 3.91. The van der Waals surface area contributed by atoms with Gasteiger partial charge in [-0.3, -0.25) is 9.78 Å². The molecular weight excluding hydrogens is 395 g/mol. The SMILES string of the molecule is O=C(Cc1ccc(Cl)c(Cl)c1)N1CCOc2ccc(-c3cccnc3)cc2C1. The van der Waals surface area contributed by atoms with Gasteiger partial charge in [0.1, 0.15) is 12.4 Å². The molecule has 1 amide bonds. The van der Waals surface area contributed by atoms with Gasteiger partial charge in [0.2, 0.25) is 5.91 Å². The number of carbonyl (C=O) groups is 1. The van der Waals surface area contributed by atoms with Crippen LogP contribution in [0.2, 0.25) is 10.0 Å². The highest BCUT2D eigenvalue weighted by Crippen LogP contribution is 2.29. The summed E-state index contributed by atoms with van der Waals surface area (Å²) in [4.78, 5) is 18.9. The number of aromatic nitrogens is 1. The molecule has 4 nitrogen and oxygen atoms in total. The molecule has 0 radical (unpaired) electrons. The first kappa shape index (κ1) is 18.8. The number of carbonyl (C=O) groups excluding carboxylic acids is 1. The van der Waals surface area contributed by atoms with Crippen LogP contribution in [0, 0.1) is 0 Å². The number of pyridine rings is 1. The van der Waals surface area contributed by atoms with Crippen molar-refractivity contribution in [1.82, 2.24) is 9.88 Å². The fourth-order valence-corrected chi connectivity index (χ4v) is 3.58. The second kappa shape index (κ2) is 8.21. The lowest BCUT2D eigenvalue weighted by atomic mass is 10.0. The van der Waals surface area contributed by atoms with Crippen LogP contribution >= 0.6 is 23.2 Å². The molecule has 0 spiro atoms. The maximum atomic E-state index is 12.9. The molecule has 3 aromatic rings. The average Bonchev–Trinajstić information content (AvgIpc) is 2.93. The first-order chi connectivity index (χ1) is 13.6. The standard InChI is InChI=1S/C22H18Cl2N2O2/c23-19-5-3-15(10-20(19)24)11-22(27)26-8-9-28-21-6-4-16(12-18(21)14-26)17-2-1-7-25-13-17/h1-7,10,12-13H,8-9,11,14H2. The quantitative estimate of drug-likeness (QED) is 0.606. The van der Waals surface area contributed by atoms with Crippen LogP contribution in [0.3, 0.4) is 0 Å². The van der Waals surface area contributed by atoms with E-state index in [1.807, 2.05) is 41.4 Å². The van der Waals surface area contributed by atoms with Crippen molar-refractivity contribution in [3.63, 3.8) is 0 Å². The lowest BCUT2D eigenvalue weighted by molar-refractivity contribution is -0.131. The van der Waals surface area contributed by atoms with Gasteiger partial charge >= 0.3 is 0 Å². The molecule has 142 valence electrons. The molecule has 2 heterocycles. The molecule has 0 fully saturated rings. The summed E-state index contributed by atoms with van der Waals surface area (Å²) in [7, 11) is 0. The maximum absolute atomic E-state index is 12.9. The smallest absolute Gasteiger partial charge is 0.227 e. The Morgan fingerprint density at radius 3 is 2.75 bits per heavy atom. The van der Waals surface area contributed by atoms with E-state index in [2.05, 4.69) is 11.1 Å². The fraction of sp³-hybridized carbons (Fsp3) is 0.182. The van der Waals surface area contributed by atoms with Gasteiger partial charge in [-0.1, -0.05) is 41.4 Å². The number of nitrogens with zero attached hydrogens (tertiary/aromatic N) is 2. The Hall–Kier alpha value is -2.56. The number of rotatable bonds is 3. The summed E-state index contributed by atoms with van der Waals surface area (Å²) in [6, 6.07) is 15.3. The van der Waals surface area contributed by atoms with E-state index in [4.69, 9.17) is 27.9 Å². The predicted octanol–water partition coefficient (Wildman–Crippen LogP) is 5.02. The van der Waals surface area contributed by atoms with Crippen LogP contribution < -0.4 is 4.74 Å². The van der Waals surface area contributed by atoms with Crippen LogP contribution in [0.5, 0.6) is 5.75 Å². The Morgan fingerprint density at radius 2 is 1.96 bits per heavy atom. The highest BCUT2D eigenvalue weighted by atomic mass is 35.5. The molecule has 2 aromatic carbocycles. The number of fused-ring (bicyclic) bond motifs is 1. The van der Waals surface area contributed by atoms with Gasteiger partial charge in [-0.15, -0.1) is 0 Å². The fourth-order valence-electron chi connectivity index (χ4n) is 3.26. The molecule has 0 saturated carbocycles. The molecular formula is C22H18Cl2N2O2. The zero-order valence-corrected chi connectivity index (χ0v) is 16.6. The third-order valence-corrected chi connectivity index (χ3v) is 5.47. The minimum atomic E-state index is 0.0293. The van der Waals surface area contributed by atoms with E-state index in [1.54, 1.807) is 18.3 Å². The summed E-state index contributed by atoms with van der Waals surface area (Å²) in [6.07, 6.45) is 3.85. The van der Waals surface area contributed by atoms with Crippen molar-refractivity contribution in [2.45, 2.75) is 13.0 Å². The van der Waals surface area contributed by atoms with Gasteiger partial charge in [0.25, 0.3) is 0 Å². The molecule has 0 unspecified atom stereocenters. The topological polar surface area (TPSA) is 42.4 Å². The van der Waals surface area contributed by atoms with Crippen molar-refractivity contribution >= 4 is 29.1 Å². The largest absolute Gasteiger partial charge is 0.491 e. The summed E-state index contributed by atoms with van der Waals surface area (Å²) in [5, 5.41) is 0.940. The van der Waals surface area contributed by atoms with E-state index in [0.717, 1.165) is 28.0 Å². The van der Waals surface area contributed by atoms with Crippen molar-refractivity contribution < 1.29 is 9.53 Å². The highest BCUT2D eigenvalue weighted by molar-refractivity contribution is 6.42. The van der Waals surface area contributed by atoms with Crippen molar-refractivity contribution in [3.8, 4) is 16.9 Å². The summed E-state index contributed by atoms with van der Waals surface area (Å²) in [6.45, 7) is 1.51. The third-order valence-electron chi connectivity index (χ3n) is 4.73. The average molecular weight is 413 g/mol. The van der Waals surface area contributed by atoms with E-state index < -0.39 is 0 Å². The predicted molar refractivity (Wildman–Crippen MR) is 111 cm³/mol. The Kier molecular flexibility index (Phi) is 5.51. The number of amides is 1. The number of hydrogen-bond acceptors (Lipinski definition) is 3. The van der Waals surface area contributed by atoms with Crippen LogP contribution in [0.1, 0.15) is 11.1 Å². The molecule has 0 N–H and O–H groups in total. The van der Waals surface area contributed by atoms with E-state index in [9.17, 15) is 4.79 Å². The number of hydrogen-bond donors (Lipinski definition) is 0. The van der Waals surface area contributed by atoms with Crippen LogP contribution in [0.25, 0.3) is 11.1 Å². The molecule has 4 rings (SSSR count). The van der Waals surface area contributed by atoms with Gasteiger partial charge < -0.3 is 9.64 Å². The van der Waals surface area contributed by atoms with Gasteiger partial charge in [0, 0.05) is 30.1 Å². The van der Waals surface area contributed by atoms with Crippen molar-refractivity contribution in [2.75, 3.05) is 13.2 Å². The minimum absolute atomic E-state index is 0.0293. The Balaban J connectivity index is 1.55. The molecule has 28 heavy (non-hydrogen) atoms. The normalized spacial score (nSPS) is 13.4. The van der Waals surface area contributed by atoms with Gasteiger partial charge in [0.05, 0.1) is 23.0 Å². The van der Waals surface area contributed by atoms with Crippen LogP contribution in [-0.4, -0.2) is 28.9 Å². The molecule has 0 atom stereocenters. The molecule has 6 heteroatoms. The molecule has 0 bridgehead atoms. The Labute approximate surface area is 173 Å². The van der Waals surface area contributed by atoms with Gasteiger partial charge in [0.15, 0.2) is 0 Å². The second-order valence-corrected chi connectivity index (χ2v) is 7.47. The second-order valence-electron chi connectivity index (χ2n) is 6.65. The molecule has 1 aromatic heterocycles. The lowest BCUT2D eigenvalue weighted by Crippen LogP contribution is -2.33. The zero-order chi connectivity index (χ0) is 19.5. The Bertz CT molecular complexity index is 1010. The van der Waals surface area contributed by atoms with Gasteiger partial charge in [-0.2, -0.15) is 0 Å². The van der Waals surface area contributed by atoms with E-state index >= 15 is 0 Å². The van der Waals surface area contributed by atoms with Gasteiger partial charge in [-0.25, -0.2) is 0 Å². The van der Waals surface area contributed by atoms with Crippen molar-refractivity contribution in [2.24, 2.45) is 0 Å². The molecule has 0 saturated heterocycles. The van der Waals surface area contributed by atoms with E-state index in [-0.39, 0.29) is 12.3 Å². The molecule has 0 aliphatic carbocycles. The van der Waals surface area contributed by atoms with Crippen molar-refractivity contribution in [3.05, 3.63) is 82.1 Å². The van der Waals surface area contributed by atoms with E-state index in [0.29, 0.717) is 29.7 Å². The first-order valence-corrected chi connectivity index (χ1v) is 9.73. The third kappa shape index (κ3) is 4.13. The number of ether oxygens (including phenoxy) is 1. The summed E-state index contributed by atoms with van der Waals surface area (Å²) < 4.78 is 5.86. The van der Waals surface area contributed by atoms with E-state index in [1.165, 1.54) is 0 Å². The van der Waals surface area contributed by atoms with Gasteiger partial charge in [-0.05, 0) is 41.5 Å². The van der Waals surface area contributed by atoms with Crippen LogP contribution in [0.4, 0.5) is 0 Å². The number of halogens is 2. The number of benzene rings is 2.